The molecule has 0 bridgehead atoms. The first-order valence-electron chi connectivity index (χ1n) is 4.19. The highest BCUT2D eigenvalue weighted by Gasteiger charge is 2.47. The van der Waals surface area contributed by atoms with Crippen molar-refractivity contribution in [3.8, 4) is 11.8 Å². The van der Waals surface area contributed by atoms with Crippen LogP contribution in [-0.2, 0) is 5.41 Å². The zero-order valence-corrected chi connectivity index (χ0v) is 8.73. The lowest BCUT2D eigenvalue weighted by Crippen LogP contribution is -2.02. The molecule has 1 aromatic rings. The molecular formula is C10H7Cl2NO. The maximum absolute atomic E-state index is 9.69. The van der Waals surface area contributed by atoms with Crippen LogP contribution in [0.3, 0.4) is 0 Å². The van der Waals surface area contributed by atoms with Crippen molar-refractivity contribution < 1.29 is 5.11 Å². The number of rotatable bonds is 1. The van der Waals surface area contributed by atoms with Gasteiger partial charge < -0.3 is 5.11 Å². The highest BCUT2D eigenvalue weighted by molar-refractivity contribution is 6.35. The number of aromatic hydroxyl groups is 1. The summed E-state index contributed by atoms with van der Waals surface area (Å²) >= 11 is 11.6. The molecule has 1 aliphatic rings. The zero-order chi connectivity index (χ0) is 10.3. The summed E-state index contributed by atoms with van der Waals surface area (Å²) in [5, 5.41) is 19.3. The molecule has 2 nitrogen and oxygen atoms in total. The third-order valence-corrected chi connectivity index (χ3v) is 3.01. The predicted molar refractivity (Wildman–Crippen MR) is 54.7 cm³/mol. The minimum Gasteiger partial charge on any atom is -0.506 e. The van der Waals surface area contributed by atoms with E-state index in [2.05, 4.69) is 6.07 Å². The van der Waals surface area contributed by atoms with Gasteiger partial charge in [0.25, 0.3) is 0 Å². The Morgan fingerprint density at radius 3 is 2.50 bits per heavy atom. The Hall–Kier alpha value is -0.910. The third kappa shape index (κ3) is 1.33. The van der Waals surface area contributed by atoms with E-state index in [1.807, 2.05) is 0 Å². The molecule has 0 aromatic heterocycles. The maximum atomic E-state index is 9.69. The first-order valence-corrected chi connectivity index (χ1v) is 4.94. The van der Waals surface area contributed by atoms with Crippen LogP contribution in [0.2, 0.25) is 10.0 Å². The van der Waals surface area contributed by atoms with Crippen LogP contribution >= 0.6 is 23.2 Å². The number of phenolic OH excluding ortho intramolecular Hbond substituents is 1. The molecular weight excluding hydrogens is 221 g/mol. The van der Waals surface area contributed by atoms with E-state index in [0.717, 1.165) is 12.8 Å². The predicted octanol–water partition coefficient (Wildman–Crippen LogP) is 3.25. The lowest BCUT2D eigenvalue weighted by atomic mass is 9.97. The van der Waals surface area contributed by atoms with E-state index in [9.17, 15) is 5.11 Å². The highest BCUT2D eigenvalue weighted by Crippen LogP contribution is 2.52. The minimum atomic E-state index is -0.557. The van der Waals surface area contributed by atoms with Gasteiger partial charge in [0.05, 0.1) is 16.5 Å². The number of nitriles is 1. The molecule has 0 spiro atoms. The van der Waals surface area contributed by atoms with Gasteiger partial charge in [-0.05, 0) is 25.0 Å². The minimum absolute atomic E-state index is 0.0184. The lowest BCUT2D eigenvalue weighted by Gasteiger charge is -2.10. The fourth-order valence-corrected chi connectivity index (χ4v) is 1.99. The van der Waals surface area contributed by atoms with E-state index in [-0.39, 0.29) is 10.8 Å². The van der Waals surface area contributed by atoms with Gasteiger partial charge in [-0.25, -0.2) is 0 Å². The van der Waals surface area contributed by atoms with Gasteiger partial charge in [0.2, 0.25) is 0 Å². The fraction of sp³-hybridized carbons (Fsp3) is 0.300. The molecule has 0 radical (unpaired) electrons. The molecule has 0 aliphatic heterocycles. The van der Waals surface area contributed by atoms with Crippen LogP contribution in [0.25, 0.3) is 0 Å². The van der Waals surface area contributed by atoms with Crippen molar-refractivity contribution in [3.05, 3.63) is 27.7 Å². The Balaban J connectivity index is 2.59. The quantitative estimate of drug-likeness (QED) is 0.801. The molecule has 0 unspecified atom stereocenters. The van der Waals surface area contributed by atoms with Gasteiger partial charge in [-0.1, -0.05) is 23.2 Å². The summed E-state index contributed by atoms with van der Waals surface area (Å²) in [6.07, 6.45) is 1.52. The van der Waals surface area contributed by atoms with E-state index in [1.54, 1.807) is 6.07 Å². The topological polar surface area (TPSA) is 44.0 Å². The molecule has 1 aromatic carbocycles. The summed E-state index contributed by atoms with van der Waals surface area (Å²) < 4.78 is 0. The van der Waals surface area contributed by atoms with E-state index >= 15 is 0 Å². The van der Waals surface area contributed by atoms with Crippen LogP contribution in [-0.4, -0.2) is 5.11 Å². The number of benzene rings is 1. The van der Waals surface area contributed by atoms with Crippen LogP contribution in [0, 0.1) is 11.3 Å². The zero-order valence-electron chi connectivity index (χ0n) is 7.22. The number of phenols is 1. The second kappa shape index (κ2) is 3.05. The second-order valence-electron chi connectivity index (χ2n) is 3.48. The standard InChI is InChI=1S/C10H7Cl2NO/c11-6-3-7(9(14)8(12)4-6)10(5-13)1-2-10/h3-4,14H,1-2H2. The highest BCUT2D eigenvalue weighted by atomic mass is 35.5. The smallest absolute Gasteiger partial charge is 0.139 e. The molecule has 1 aliphatic carbocycles. The Kier molecular flexibility index (Phi) is 2.10. The second-order valence-corrected chi connectivity index (χ2v) is 4.32. The van der Waals surface area contributed by atoms with Crippen molar-refractivity contribution in [3.63, 3.8) is 0 Å². The van der Waals surface area contributed by atoms with Gasteiger partial charge in [-0.15, -0.1) is 0 Å². The Bertz CT molecular complexity index is 432. The molecule has 0 amide bonds. The van der Waals surface area contributed by atoms with E-state index in [1.165, 1.54) is 6.07 Å². The molecule has 2 rings (SSSR count). The summed E-state index contributed by atoms with van der Waals surface area (Å²) in [4.78, 5) is 0. The summed E-state index contributed by atoms with van der Waals surface area (Å²) in [6, 6.07) is 5.26. The average molecular weight is 228 g/mol. The Morgan fingerprint density at radius 2 is 2.00 bits per heavy atom. The molecule has 0 atom stereocenters. The number of halogens is 2. The van der Waals surface area contributed by atoms with Crippen molar-refractivity contribution in [2.45, 2.75) is 18.3 Å². The van der Waals surface area contributed by atoms with Crippen molar-refractivity contribution >= 4 is 23.2 Å². The van der Waals surface area contributed by atoms with Gasteiger partial charge in [0.15, 0.2) is 0 Å². The van der Waals surface area contributed by atoms with Gasteiger partial charge in [-0.3, -0.25) is 0 Å². The SMILES string of the molecule is N#CC1(c2cc(Cl)cc(Cl)c2O)CC1. The van der Waals surface area contributed by atoms with Crippen molar-refractivity contribution in [2.75, 3.05) is 0 Å². The van der Waals surface area contributed by atoms with Gasteiger partial charge in [0, 0.05) is 10.6 Å². The third-order valence-electron chi connectivity index (χ3n) is 2.51. The molecule has 4 heteroatoms. The monoisotopic (exact) mass is 227 g/mol. The summed E-state index contributed by atoms with van der Waals surface area (Å²) in [5.41, 5.74) is -0.00368. The van der Waals surface area contributed by atoms with Crippen LogP contribution in [0.1, 0.15) is 18.4 Å². The van der Waals surface area contributed by atoms with Crippen LogP contribution < -0.4 is 0 Å². The molecule has 72 valence electrons. The normalized spacial score (nSPS) is 17.5. The van der Waals surface area contributed by atoms with E-state index < -0.39 is 5.41 Å². The number of hydrogen-bond donors (Lipinski definition) is 1. The summed E-state index contributed by atoms with van der Waals surface area (Å²) in [7, 11) is 0. The molecule has 1 saturated carbocycles. The maximum Gasteiger partial charge on any atom is 0.139 e. The molecule has 14 heavy (non-hydrogen) atoms. The first-order chi connectivity index (χ1) is 6.59. The molecule has 0 saturated heterocycles. The Morgan fingerprint density at radius 1 is 1.36 bits per heavy atom. The molecule has 0 heterocycles. The van der Waals surface area contributed by atoms with Crippen LogP contribution in [0.5, 0.6) is 5.75 Å². The Labute approximate surface area is 91.7 Å². The molecule has 1 N–H and O–H groups in total. The average Bonchev–Trinajstić information content (AvgIpc) is 2.92. The van der Waals surface area contributed by atoms with Gasteiger partial charge >= 0.3 is 0 Å². The molecule has 1 fully saturated rings. The van der Waals surface area contributed by atoms with Crippen LogP contribution in [0.15, 0.2) is 12.1 Å². The fourth-order valence-electron chi connectivity index (χ4n) is 1.50. The van der Waals surface area contributed by atoms with Crippen molar-refractivity contribution in [1.82, 2.24) is 0 Å². The first kappa shape index (κ1) is 9.64. The van der Waals surface area contributed by atoms with E-state index in [4.69, 9.17) is 28.5 Å². The van der Waals surface area contributed by atoms with Crippen molar-refractivity contribution in [1.29, 1.82) is 5.26 Å². The number of hydrogen-bond acceptors (Lipinski definition) is 2. The van der Waals surface area contributed by atoms with E-state index in [0.29, 0.717) is 10.6 Å². The summed E-state index contributed by atoms with van der Waals surface area (Å²) in [5.74, 6) is -0.0184. The summed E-state index contributed by atoms with van der Waals surface area (Å²) in [6.45, 7) is 0. The van der Waals surface area contributed by atoms with Crippen LogP contribution in [0.4, 0.5) is 0 Å². The lowest BCUT2D eigenvalue weighted by molar-refractivity contribution is 0.465. The number of nitrogens with zero attached hydrogens (tertiary/aromatic N) is 1. The van der Waals surface area contributed by atoms with Gasteiger partial charge in [-0.2, -0.15) is 5.26 Å². The van der Waals surface area contributed by atoms with Crippen molar-refractivity contribution in [2.24, 2.45) is 0 Å². The largest absolute Gasteiger partial charge is 0.506 e. The van der Waals surface area contributed by atoms with Gasteiger partial charge in [0.1, 0.15) is 5.75 Å².